The van der Waals surface area contributed by atoms with Crippen molar-refractivity contribution in [3.05, 3.63) is 36.0 Å². The molecule has 2 aromatic rings. The Bertz CT molecular complexity index is 741. The Balaban J connectivity index is 1.55. The smallest absolute Gasteiger partial charge is 0.228 e. The summed E-state index contributed by atoms with van der Waals surface area (Å²) in [5, 5.41) is 0. The van der Waals surface area contributed by atoms with Gasteiger partial charge in [-0.1, -0.05) is 6.07 Å². The van der Waals surface area contributed by atoms with Gasteiger partial charge in [-0.15, -0.1) is 0 Å². The van der Waals surface area contributed by atoms with E-state index in [1.807, 2.05) is 6.07 Å². The van der Waals surface area contributed by atoms with E-state index in [2.05, 4.69) is 31.9 Å². The number of hydrogen-bond donors (Lipinski definition) is 0. The van der Waals surface area contributed by atoms with Crippen LogP contribution in [-0.2, 0) is 6.42 Å². The predicted octanol–water partition coefficient (Wildman–Crippen LogP) is 2.26. The Labute approximate surface area is 160 Å². The van der Waals surface area contributed by atoms with Crippen molar-refractivity contribution < 1.29 is 14.2 Å². The van der Waals surface area contributed by atoms with Crippen LogP contribution in [0.5, 0.6) is 17.4 Å². The summed E-state index contributed by atoms with van der Waals surface area (Å²) in [4.78, 5) is 13.6. The van der Waals surface area contributed by atoms with E-state index in [1.54, 1.807) is 33.6 Å². The van der Waals surface area contributed by atoms with E-state index in [0.717, 1.165) is 63.0 Å². The lowest BCUT2D eigenvalue weighted by Crippen LogP contribution is -2.32. The van der Waals surface area contributed by atoms with Crippen molar-refractivity contribution >= 4 is 5.95 Å². The van der Waals surface area contributed by atoms with E-state index in [0.29, 0.717) is 5.88 Å². The van der Waals surface area contributed by atoms with Crippen molar-refractivity contribution in [2.45, 2.75) is 12.8 Å². The number of nitrogens with zero attached hydrogens (tertiary/aromatic N) is 4. The number of hydrogen-bond acceptors (Lipinski definition) is 7. The molecule has 146 valence electrons. The van der Waals surface area contributed by atoms with E-state index < -0.39 is 0 Å². The van der Waals surface area contributed by atoms with Gasteiger partial charge in [-0.25, -0.2) is 4.98 Å². The summed E-state index contributed by atoms with van der Waals surface area (Å²) in [6.07, 6.45) is 3.82. The van der Waals surface area contributed by atoms with Crippen LogP contribution >= 0.6 is 0 Å². The predicted molar refractivity (Wildman–Crippen MR) is 105 cm³/mol. The van der Waals surface area contributed by atoms with Crippen LogP contribution < -0.4 is 19.1 Å². The number of benzene rings is 1. The minimum atomic E-state index is 0.606. The van der Waals surface area contributed by atoms with Gasteiger partial charge >= 0.3 is 0 Å². The third-order valence-corrected chi connectivity index (χ3v) is 4.86. The second-order valence-electron chi connectivity index (χ2n) is 6.52. The summed E-state index contributed by atoms with van der Waals surface area (Å²) in [5.74, 6) is 2.91. The molecule has 1 fully saturated rings. The van der Waals surface area contributed by atoms with Crippen LogP contribution in [0.1, 0.15) is 12.0 Å². The maximum absolute atomic E-state index is 5.40. The number of anilines is 1. The highest BCUT2D eigenvalue weighted by atomic mass is 16.5. The fourth-order valence-corrected chi connectivity index (χ4v) is 3.32. The molecule has 3 rings (SSSR count). The first-order valence-electron chi connectivity index (χ1n) is 9.28. The fraction of sp³-hybridized carbons (Fsp3) is 0.500. The summed E-state index contributed by atoms with van der Waals surface area (Å²) in [7, 11) is 4.96. The van der Waals surface area contributed by atoms with Gasteiger partial charge in [0.15, 0.2) is 11.5 Å². The summed E-state index contributed by atoms with van der Waals surface area (Å²) in [6, 6.07) is 7.91. The first-order valence-corrected chi connectivity index (χ1v) is 9.28. The molecule has 1 aliphatic rings. The average molecular weight is 372 g/mol. The molecule has 1 aromatic heterocycles. The molecular formula is C20H28N4O3. The van der Waals surface area contributed by atoms with Crippen molar-refractivity contribution in [2.75, 3.05) is 59.0 Å². The molecule has 0 atom stereocenters. The van der Waals surface area contributed by atoms with Gasteiger partial charge in [0.1, 0.15) is 0 Å². The molecule has 0 amide bonds. The standard InChI is InChI=1S/C20H28N4O3/c1-25-17-6-5-16(15-18(17)26-2)8-12-23-10-4-11-24(14-13-23)20-21-9-7-19(22-20)27-3/h5-7,9,15H,4,8,10-14H2,1-3H3. The van der Waals surface area contributed by atoms with Crippen molar-refractivity contribution in [2.24, 2.45) is 0 Å². The maximum atomic E-state index is 5.40. The molecule has 1 aliphatic heterocycles. The molecule has 2 heterocycles. The van der Waals surface area contributed by atoms with Crippen molar-refractivity contribution in [1.82, 2.24) is 14.9 Å². The van der Waals surface area contributed by atoms with Gasteiger partial charge in [0.05, 0.1) is 21.3 Å². The molecule has 0 aliphatic carbocycles. The zero-order valence-electron chi connectivity index (χ0n) is 16.4. The van der Waals surface area contributed by atoms with E-state index in [-0.39, 0.29) is 0 Å². The van der Waals surface area contributed by atoms with Gasteiger partial charge in [0, 0.05) is 38.4 Å². The maximum Gasteiger partial charge on any atom is 0.228 e. The Morgan fingerprint density at radius 3 is 2.56 bits per heavy atom. The Morgan fingerprint density at radius 2 is 1.78 bits per heavy atom. The second-order valence-corrected chi connectivity index (χ2v) is 6.52. The fourth-order valence-electron chi connectivity index (χ4n) is 3.32. The van der Waals surface area contributed by atoms with Crippen LogP contribution in [0.4, 0.5) is 5.95 Å². The lowest BCUT2D eigenvalue weighted by molar-refractivity contribution is 0.297. The highest BCUT2D eigenvalue weighted by molar-refractivity contribution is 5.43. The first kappa shape index (κ1) is 19.2. The Morgan fingerprint density at radius 1 is 0.926 bits per heavy atom. The molecule has 7 nitrogen and oxygen atoms in total. The van der Waals surface area contributed by atoms with Gasteiger partial charge < -0.3 is 24.0 Å². The zero-order chi connectivity index (χ0) is 19.1. The minimum Gasteiger partial charge on any atom is -0.493 e. The molecule has 0 bridgehead atoms. The van der Waals surface area contributed by atoms with Crippen LogP contribution in [0.3, 0.4) is 0 Å². The third kappa shape index (κ3) is 5.01. The number of aromatic nitrogens is 2. The molecule has 0 radical (unpaired) electrons. The molecule has 0 spiro atoms. The van der Waals surface area contributed by atoms with Crippen LogP contribution in [0.2, 0.25) is 0 Å². The number of methoxy groups -OCH3 is 3. The largest absolute Gasteiger partial charge is 0.493 e. The first-order chi connectivity index (χ1) is 13.2. The van der Waals surface area contributed by atoms with Gasteiger partial charge in [0.25, 0.3) is 0 Å². The molecule has 0 N–H and O–H groups in total. The molecule has 1 aromatic carbocycles. The summed E-state index contributed by atoms with van der Waals surface area (Å²) >= 11 is 0. The van der Waals surface area contributed by atoms with Crippen molar-refractivity contribution in [3.8, 4) is 17.4 Å². The second kappa shape index (κ2) is 9.41. The third-order valence-electron chi connectivity index (χ3n) is 4.86. The minimum absolute atomic E-state index is 0.606. The normalized spacial score (nSPS) is 15.3. The van der Waals surface area contributed by atoms with E-state index in [1.165, 1.54) is 5.56 Å². The van der Waals surface area contributed by atoms with Gasteiger partial charge in [-0.2, -0.15) is 4.98 Å². The Kier molecular flexibility index (Phi) is 6.70. The lowest BCUT2D eigenvalue weighted by Gasteiger charge is -2.22. The SMILES string of the molecule is COc1ccnc(N2CCCN(CCc3ccc(OC)c(OC)c3)CC2)n1. The lowest BCUT2D eigenvalue weighted by atomic mass is 10.1. The van der Waals surface area contributed by atoms with E-state index in [9.17, 15) is 0 Å². The summed E-state index contributed by atoms with van der Waals surface area (Å²) in [6.45, 7) is 4.96. The van der Waals surface area contributed by atoms with Gasteiger partial charge in [-0.05, 0) is 37.1 Å². The topological polar surface area (TPSA) is 60.0 Å². The summed E-state index contributed by atoms with van der Waals surface area (Å²) < 4.78 is 15.9. The van der Waals surface area contributed by atoms with E-state index in [4.69, 9.17) is 14.2 Å². The monoisotopic (exact) mass is 372 g/mol. The molecule has 27 heavy (non-hydrogen) atoms. The number of ether oxygens (including phenoxy) is 3. The molecule has 7 heteroatoms. The quantitative estimate of drug-likeness (QED) is 0.739. The van der Waals surface area contributed by atoms with Crippen LogP contribution in [-0.4, -0.2) is 68.9 Å². The van der Waals surface area contributed by atoms with Gasteiger partial charge in [-0.3, -0.25) is 0 Å². The molecule has 0 unspecified atom stereocenters. The van der Waals surface area contributed by atoms with Crippen molar-refractivity contribution in [1.29, 1.82) is 0 Å². The highest BCUT2D eigenvalue weighted by Gasteiger charge is 2.17. The molecular weight excluding hydrogens is 344 g/mol. The zero-order valence-corrected chi connectivity index (χ0v) is 16.4. The molecule has 1 saturated heterocycles. The average Bonchev–Trinajstić information content (AvgIpc) is 2.97. The van der Waals surface area contributed by atoms with E-state index >= 15 is 0 Å². The number of rotatable bonds is 7. The highest BCUT2D eigenvalue weighted by Crippen LogP contribution is 2.27. The molecule has 0 saturated carbocycles. The van der Waals surface area contributed by atoms with Gasteiger partial charge in [0.2, 0.25) is 11.8 Å². The van der Waals surface area contributed by atoms with Crippen molar-refractivity contribution in [3.63, 3.8) is 0 Å². The van der Waals surface area contributed by atoms with Crippen LogP contribution in [0, 0.1) is 0 Å². The Hall–Kier alpha value is -2.54. The summed E-state index contributed by atoms with van der Waals surface area (Å²) in [5.41, 5.74) is 1.25. The van der Waals surface area contributed by atoms with Crippen LogP contribution in [0.15, 0.2) is 30.5 Å². The van der Waals surface area contributed by atoms with Crippen LogP contribution in [0.25, 0.3) is 0 Å².